The number of thioether (sulfide) groups is 1. The molecule has 0 aromatic heterocycles. The molecule has 3 aromatic rings. The van der Waals surface area contributed by atoms with Gasteiger partial charge in [0.25, 0.3) is 0 Å². The Balaban J connectivity index is 1.52. The molecule has 1 N–H and O–H groups in total. The quantitative estimate of drug-likeness (QED) is 0.349. The van der Waals surface area contributed by atoms with E-state index in [9.17, 15) is 14.0 Å². The number of hydrogen-bond acceptors (Lipinski definition) is 3. The number of carbonyl (C=O) groups is 2. The maximum absolute atomic E-state index is 14.1. The van der Waals surface area contributed by atoms with Crippen molar-refractivity contribution in [2.24, 2.45) is 11.8 Å². The summed E-state index contributed by atoms with van der Waals surface area (Å²) in [6.45, 7) is 0.434. The molecule has 178 valence electrons. The first-order valence-electron chi connectivity index (χ1n) is 11.4. The molecule has 0 saturated carbocycles. The molecule has 3 heterocycles. The number of piperidine rings is 1. The van der Waals surface area contributed by atoms with Gasteiger partial charge in [0, 0.05) is 44.8 Å². The van der Waals surface area contributed by atoms with Crippen LogP contribution in [0.5, 0.6) is 0 Å². The predicted octanol–water partition coefficient (Wildman–Crippen LogP) is 6.70. The summed E-state index contributed by atoms with van der Waals surface area (Å²) in [4.78, 5) is 28.7. The largest absolute Gasteiger partial charge is 0.324 e. The molecule has 2 amide bonds. The highest BCUT2D eigenvalue weighted by Gasteiger charge is 2.61. The molecule has 0 bridgehead atoms. The minimum Gasteiger partial charge on any atom is -0.324 e. The van der Waals surface area contributed by atoms with Crippen LogP contribution in [0.3, 0.4) is 0 Å². The van der Waals surface area contributed by atoms with Crippen LogP contribution in [0.25, 0.3) is 0 Å². The Labute approximate surface area is 223 Å². The molecule has 0 unspecified atom stereocenters. The van der Waals surface area contributed by atoms with E-state index in [1.165, 1.54) is 12.1 Å². The van der Waals surface area contributed by atoms with E-state index in [0.717, 1.165) is 25.8 Å². The van der Waals surface area contributed by atoms with Gasteiger partial charge in [-0.25, -0.2) is 4.39 Å². The van der Waals surface area contributed by atoms with Gasteiger partial charge in [-0.15, -0.1) is 11.8 Å². The van der Waals surface area contributed by atoms with Crippen molar-refractivity contribution in [2.45, 2.75) is 17.1 Å². The summed E-state index contributed by atoms with van der Waals surface area (Å²) < 4.78 is 15.1. The maximum atomic E-state index is 14.1. The Morgan fingerprint density at radius 2 is 1.80 bits per heavy atom. The summed E-state index contributed by atoms with van der Waals surface area (Å²) in [7, 11) is 0. The smallest absolute Gasteiger partial charge is 0.245 e. The SMILES string of the molecule is O=C1C[C@@H]2CS[C@]3(C(=O)Nc4cccc(Br)c43)[C@H](c3ccc(Br)cc3)[C@H]2CN1c1cccc(F)c1. The van der Waals surface area contributed by atoms with E-state index in [2.05, 4.69) is 49.3 Å². The maximum Gasteiger partial charge on any atom is 0.245 e. The summed E-state index contributed by atoms with van der Waals surface area (Å²) in [5.74, 6) is 0.270. The first-order valence-corrected chi connectivity index (χ1v) is 14.0. The molecule has 4 atom stereocenters. The van der Waals surface area contributed by atoms with Gasteiger partial charge in [0.05, 0.1) is 0 Å². The third-order valence-electron chi connectivity index (χ3n) is 7.45. The monoisotopic (exact) mass is 614 g/mol. The Morgan fingerprint density at radius 3 is 2.57 bits per heavy atom. The zero-order valence-corrected chi connectivity index (χ0v) is 22.5. The number of hydrogen-bond donors (Lipinski definition) is 1. The number of halogens is 3. The molecule has 3 aliphatic heterocycles. The van der Waals surface area contributed by atoms with Crippen LogP contribution in [0.1, 0.15) is 23.5 Å². The van der Waals surface area contributed by atoms with Crippen LogP contribution < -0.4 is 10.2 Å². The lowest BCUT2D eigenvalue weighted by atomic mass is 9.66. The minimum atomic E-state index is -0.835. The molecule has 6 rings (SSSR count). The second kappa shape index (κ2) is 8.75. The van der Waals surface area contributed by atoms with Crippen LogP contribution in [0.4, 0.5) is 15.8 Å². The third-order valence-corrected chi connectivity index (χ3v) is 10.3. The lowest BCUT2D eigenvalue weighted by Crippen LogP contribution is -2.55. The van der Waals surface area contributed by atoms with E-state index in [1.54, 1.807) is 28.8 Å². The highest BCUT2D eigenvalue weighted by molar-refractivity contribution is 9.10. The summed E-state index contributed by atoms with van der Waals surface area (Å²) in [6.07, 6.45) is 0.377. The van der Waals surface area contributed by atoms with E-state index < -0.39 is 4.75 Å². The molecule has 0 aliphatic carbocycles. The van der Waals surface area contributed by atoms with E-state index >= 15 is 0 Å². The van der Waals surface area contributed by atoms with E-state index in [4.69, 9.17) is 0 Å². The lowest BCUT2D eigenvalue weighted by molar-refractivity contribution is -0.122. The number of nitrogens with zero attached hydrogens (tertiary/aromatic N) is 1. The van der Waals surface area contributed by atoms with Crippen molar-refractivity contribution in [1.29, 1.82) is 0 Å². The standard InChI is InChI=1S/C27H21Br2FN2O2S/c28-17-9-7-15(8-10-17)24-20-13-32(19-4-1-3-18(30)12-19)23(33)11-16(20)14-35-27(24)25-21(29)5-2-6-22(25)31-26(27)34/h1-10,12,16,20,24H,11,13-14H2,(H,31,34)/t16-,20+,24-,27-/m1/s1. The van der Waals surface area contributed by atoms with Gasteiger partial charge < -0.3 is 10.2 Å². The molecule has 4 nitrogen and oxygen atoms in total. The summed E-state index contributed by atoms with van der Waals surface area (Å²) >= 11 is 8.92. The fourth-order valence-electron chi connectivity index (χ4n) is 5.95. The molecule has 35 heavy (non-hydrogen) atoms. The number of anilines is 2. The van der Waals surface area contributed by atoms with Gasteiger partial charge in [0.1, 0.15) is 10.6 Å². The van der Waals surface area contributed by atoms with Crippen molar-refractivity contribution >= 4 is 66.8 Å². The lowest BCUT2D eigenvalue weighted by Gasteiger charge is -2.52. The molecular formula is C27H21Br2FN2O2S. The summed E-state index contributed by atoms with van der Waals surface area (Å²) in [6, 6.07) is 20.2. The van der Waals surface area contributed by atoms with Gasteiger partial charge in [-0.1, -0.05) is 56.1 Å². The summed E-state index contributed by atoms with van der Waals surface area (Å²) in [5.41, 5.74) is 3.41. The molecule has 8 heteroatoms. The van der Waals surface area contributed by atoms with Crippen LogP contribution in [0.15, 0.2) is 75.7 Å². The van der Waals surface area contributed by atoms with Crippen molar-refractivity contribution in [3.8, 4) is 0 Å². The van der Waals surface area contributed by atoms with Gasteiger partial charge in [0.2, 0.25) is 11.8 Å². The van der Waals surface area contributed by atoms with Crippen LogP contribution >= 0.6 is 43.6 Å². The fraction of sp³-hybridized carbons (Fsp3) is 0.259. The number of carbonyl (C=O) groups excluding carboxylic acids is 2. The highest BCUT2D eigenvalue weighted by atomic mass is 79.9. The number of benzene rings is 3. The van der Waals surface area contributed by atoms with Gasteiger partial charge in [-0.2, -0.15) is 0 Å². The fourth-order valence-corrected chi connectivity index (χ4v) is 8.91. The van der Waals surface area contributed by atoms with Crippen LogP contribution in [0.2, 0.25) is 0 Å². The predicted molar refractivity (Wildman–Crippen MR) is 144 cm³/mol. The normalized spacial score (nSPS) is 27.5. The average molecular weight is 616 g/mol. The number of amides is 2. The topological polar surface area (TPSA) is 49.4 Å². The molecule has 1 spiro atoms. The zero-order chi connectivity index (χ0) is 24.3. The van der Waals surface area contributed by atoms with Gasteiger partial charge in [0.15, 0.2) is 0 Å². The van der Waals surface area contributed by atoms with E-state index in [0.29, 0.717) is 24.4 Å². The molecular weight excluding hydrogens is 595 g/mol. The Kier molecular flexibility index (Phi) is 5.81. The molecule has 0 radical (unpaired) electrons. The first kappa shape index (κ1) is 23.3. The van der Waals surface area contributed by atoms with Crippen molar-refractivity contribution in [2.75, 3.05) is 22.5 Å². The molecule has 2 saturated heterocycles. The first-order chi connectivity index (χ1) is 16.9. The Hall–Kier alpha value is -2.16. The Morgan fingerprint density at radius 1 is 1.03 bits per heavy atom. The van der Waals surface area contributed by atoms with Crippen LogP contribution in [0, 0.1) is 17.7 Å². The van der Waals surface area contributed by atoms with Crippen molar-refractivity contribution in [3.05, 3.63) is 92.6 Å². The second-order valence-corrected chi connectivity index (χ2v) is 12.3. The highest BCUT2D eigenvalue weighted by Crippen LogP contribution is 2.64. The van der Waals surface area contributed by atoms with Gasteiger partial charge >= 0.3 is 0 Å². The van der Waals surface area contributed by atoms with Crippen molar-refractivity contribution in [1.82, 2.24) is 0 Å². The minimum absolute atomic E-state index is 0.000380. The van der Waals surface area contributed by atoms with Gasteiger partial charge in [-0.05, 0) is 65.6 Å². The van der Waals surface area contributed by atoms with E-state index in [1.807, 2.05) is 30.3 Å². The van der Waals surface area contributed by atoms with Gasteiger partial charge in [-0.3, -0.25) is 9.59 Å². The zero-order valence-electron chi connectivity index (χ0n) is 18.5. The molecule has 3 aliphatic rings. The molecule has 3 aromatic carbocycles. The second-order valence-electron chi connectivity index (χ2n) is 9.30. The van der Waals surface area contributed by atoms with Crippen LogP contribution in [-0.2, 0) is 14.3 Å². The van der Waals surface area contributed by atoms with Crippen LogP contribution in [-0.4, -0.2) is 24.1 Å². The van der Waals surface area contributed by atoms with Crippen molar-refractivity contribution < 1.29 is 14.0 Å². The number of nitrogens with one attached hydrogen (secondary N) is 1. The summed E-state index contributed by atoms with van der Waals surface area (Å²) in [5, 5.41) is 3.14. The van der Waals surface area contributed by atoms with Crippen molar-refractivity contribution in [3.63, 3.8) is 0 Å². The van der Waals surface area contributed by atoms with E-state index in [-0.39, 0.29) is 35.4 Å². The Bertz CT molecular complexity index is 1350. The number of fused-ring (bicyclic) bond motifs is 3. The number of rotatable bonds is 2. The third kappa shape index (κ3) is 3.67. The molecule has 2 fully saturated rings. The average Bonchev–Trinajstić information content (AvgIpc) is 3.12.